The molecule has 2 aromatic heterocycles. The van der Waals surface area contributed by atoms with Crippen LogP contribution in [0.5, 0.6) is 0 Å². The summed E-state index contributed by atoms with van der Waals surface area (Å²) in [6, 6.07) is 11.1. The van der Waals surface area contributed by atoms with E-state index in [1.54, 1.807) is 36.8 Å². The lowest BCUT2D eigenvalue weighted by molar-refractivity contribution is -0.152. The molecule has 0 aliphatic rings. The van der Waals surface area contributed by atoms with E-state index in [0.717, 1.165) is 16.1 Å². The number of esters is 1. The fourth-order valence-corrected chi connectivity index (χ4v) is 3.14. The number of anilines is 1. The predicted octanol–water partition coefficient (Wildman–Crippen LogP) is 3.63. The van der Waals surface area contributed by atoms with Gasteiger partial charge in [0.1, 0.15) is 5.01 Å². The van der Waals surface area contributed by atoms with Crippen LogP contribution in [0.3, 0.4) is 0 Å². The van der Waals surface area contributed by atoms with Gasteiger partial charge in [-0.05, 0) is 38.1 Å². The molecule has 0 radical (unpaired) electrons. The Morgan fingerprint density at radius 1 is 1.22 bits per heavy atom. The van der Waals surface area contributed by atoms with Crippen molar-refractivity contribution in [1.82, 2.24) is 9.97 Å². The molecule has 7 heteroatoms. The Morgan fingerprint density at radius 3 is 2.70 bits per heavy atom. The fourth-order valence-electron chi connectivity index (χ4n) is 2.33. The fraction of sp³-hybridized carbons (Fsp3) is 0.200. The number of ether oxygens (including phenoxy) is 1. The SMILES string of the molecule is Cc1ccc(NC(=O)[C@@H](C)OC(=O)Cc2csc(-c3cccnc3)n2)cc1. The minimum atomic E-state index is -0.893. The van der Waals surface area contributed by atoms with Crippen LogP contribution in [0.1, 0.15) is 18.2 Å². The van der Waals surface area contributed by atoms with Crippen molar-refractivity contribution in [3.63, 3.8) is 0 Å². The van der Waals surface area contributed by atoms with Crippen molar-refractivity contribution in [2.75, 3.05) is 5.32 Å². The van der Waals surface area contributed by atoms with Crippen LogP contribution in [0.25, 0.3) is 10.6 Å². The van der Waals surface area contributed by atoms with E-state index in [2.05, 4.69) is 15.3 Å². The summed E-state index contributed by atoms with van der Waals surface area (Å²) >= 11 is 1.43. The molecular weight excluding hydrogens is 362 g/mol. The Hall–Kier alpha value is -3.06. The topological polar surface area (TPSA) is 81.2 Å². The Morgan fingerprint density at radius 2 is 2.00 bits per heavy atom. The standard InChI is InChI=1S/C20H19N3O3S/c1-13-5-7-16(8-6-13)22-19(25)14(2)26-18(24)10-17-12-27-20(23-17)15-4-3-9-21-11-15/h3-9,11-12,14H,10H2,1-2H3,(H,22,25)/t14-/m1/s1. The van der Waals surface area contributed by atoms with Crippen molar-refractivity contribution >= 4 is 28.9 Å². The smallest absolute Gasteiger partial charge is 0.312 e. The zero-order chi connectivity index (χ0) is 19.2. The summed E-state index contributed by atoms with van der Waals surface area (Å²) in [6.07, 6.45) is 2.53. The zero-order valence-electron chi connectivity index (χ0n) is 15.0. The number of hydrogen-bond donors (Lipinski definition) is 1. The largest absolute Gasteiger partial charge is 0.452 e. The second kappa shape index (κ2) is 8.55. The highest BCUT2D eigenvalue weighted by molar-refractivity contribution is 7.13. The molecule has 3 rings (SSSR count). The lowest BCUT2D eigenvalue weighted by Gasteiger charge is -2.13. The van der Waals surface area contributed by atoms with Crippen molar-refractivity contribution in [1.29, 1.82) is 0 Å². The van der Waals surface area contributed by atoms with Gasteiger partial charge in [0.25, 0.3) is 5.91 Å². The van der Waals surface area contributed by atoms with Crippen LogP contribution in [0.2, 0.25) is 0 Å². The third-order valence-electron chi connectivity index (χ3n) is 3.78. The second-order valence-electron chi connectivity index (χ2n) is 6.05. The van der Waals surface area contributed by atoms with Crippen LogP contribution < -0.4 is 5.32 Å². The second-order valence-corrected chi connectivity index (χ2v) is 6.91. The van der Waals surface area contributed by atoms with Crippen LogP contribution >= 0.6 is 11.3 Å². The normalized spacial score (nSPS) is 11.6. The minimum absolute atomic E-state index is 0.0128. The average Bonchev–Trinajstić information content (AvgIpc) is 3.12. The Labute approximate surface area is 161 Å². The van der Waals surface area contributed by atoms with Crippen LogP contribution in [-0.4, -0.2) is 27.9 Å². The number of aryl methyl sites for hydroxylation is 1. The van der Waals surface area contributed by atoms with Gasteiger partial charge < -0.3 is 10.1 Å². The van der Waals surface area contributed by atoms with Crippen LogP contribution in [-0.2, 0) is 20.7 Å². The molecule has 0 aliphatic heterocycles. The molecule has 6 nitrogen and oxygen atoms in total. The summed E-state index contributed by atoms with van der Waals surface area (Å²) in [5.41, 5.74) is 3.26. The van der Waals surface area contributed by atoms with E-state index in [9.17, 15) is 9.59 Å². The van der Waals surface area contributed by atoms with Crippen LogP contribution in [0.15, 0.2) is 54.2 Å². The van der Waals surface area contributed by atoms with Gasteiger partial charge in [0.05, 0.1) is 12.1 Å². The summed E-state index contributed by atoms with van der Waals surface area (Å²) in [5, 5.41) is 5.32. The van der Waals surface area contributed by atoms with E-state index in [1.807, 2.05) is 31.2 Å². The lowest BCUT2D eigenvalue weighted by atomic mass is 10.2. The van der Waals surface area contributed by atoms with Gasteiger partial charge in [-0.25, -0.2) is 4.98 Å². The van der Waals surface area contributed by atoms with E-state index >= 15 is 0 Å². The molecule has 0 saturated heterocycles. The number of amides is 1. The van der Waals surface area contributed by atoms with Crippen molar-refractivity contribution in [3.05, 3.63) is 65.4 Å². The number of thiazole rings is 1. The van der Waals surface area contributed by atoms with Crippen LogP contribution in [0, 0.1) is 6.92 Å². The number of aromatic nitrogens is 2. The number of pyridine rings is 1. The van der Waals surface area contributed by atoms with Gasteiger partial charge in [0, 0.05) is 29.0 Å². The summed E-state index contributed by atoms with van der Waals surface area (Å²) in [4.78, 5) is 32.8. The van der Waals surface area contributed by atoms with Crippen molar-refractivity contribution < 1.29 is 14.3 Å². The monoisotopic (exact) mass is 381 g/mol. The maximum atomic E-state index is 12.2. The molecule has 0 spiro atoms. The van der Waals surface area contributed by atoms with Gasteiger partial charge in [0.2, 0.25) is 0 Å². The number of rotatable bonds is 6. The molecule has 3 aromatic rings. The molecule has 138 valence electrons. The first kappa shape index (κ1) is 18.7. The third-order valence-corrected chi connectivity index (χ3v) is 4.72. The molecule has 0 aliphatic carbocycles. The predicted molar refractivity (Wildman–Crippen MR) is 104 cm³/mol. The highest BCUT2D eigenvalue weighted by atomic mass is 32.1. The van der Waals surface area contributed by atoms with E-state index in [4.69, 9.17) is 4.74 Å². The van der Waals surface area contributed by atoms with E-state index in [1.165, 1.54) is 11.3 Å². The lowest BCUT2D eigenvalue weighted by Crippen LogP contribution is -2.30. The molecule has 1 atom stereocenters. The first-order valence-electron chi connectivity index (χ1n) is 8.43. The highest BCUT2D eigenvalue weighted by Crippen LogP contribution is 2.23. The van der Waals surface area contributed by atoms with Gasteiger partial charge in [0.15, 0.2) is 6.10 Å². The summed E-state index contributed by atoms with van der Waals surface area (Å²) in [5.74, 6) is -0.869. The van der Waals surface area contributed by atoms with E-state index in [-0.39, 0.29) is 12.3 Å². The quantitative estimate of drug-likeness (QED) is 0.660. The number of carbonyl (C=O) groups excluding carboxylic acids is 2. The number of hydrogen-bond acceptors (Lipinski definition) is 6. The van der Waals surface area contributed by atoms with Gasteiger partial charge in [-0.2, -0.15) is 0 Å². The minimum Gasteiger partial charge on any atom is -0.452 e. The Bertz CT molecular complexity index is 923. The number of benzene rings is 1. The molecule has 1 amide bonds. The maximum Gasteiger partial charge on any atom is 0.312 e. The molecule has 1 N–H and O–H groups in total. The van der Waals surface area contributed by atoms with Gasteiger partial charge in [-0.3, -0.25) is 14.6 Å². The van der Waals surface area contributed by atoms with E-state index in [0.29, 0.717) is 11.4 Å². The summed E-state index contributed by atoms with van der Waals surface area (Å²) < 4.78 is 5.23. The first-order chi connectivity index (χ1) is 13.0. The van der Waals surface area contributed by atoms with Crippen molar-refractivity contribution in [3.8, 4) is 10.6 Å². The van der Waals surface area contributed by atoms with Gasteiger partial charge in [-0.1, -0.05) is 17.7 Å². The molecule has 0 unspecified atom stereocenters. The van der Waals surface area contributed by atoms with Crippen LogP contribution in [0.4, 0.5) is 5.69 Å². The Balaban J connectivity index is 1.53. The average molecular weight is 381 g/mol. The van der Waals surface area contributed by atoms with Crippen molar-refractivity contribution in [2.45, 2.75) is 26.4 Å². The first-order valence-corrected chi connectivity index (χ1v) is 9.31. The molecule has 0 fully saturated rings. The number of nitrogens with zero attached hydrogens (tertiary/aromatic N) is 2. The molecule has 1 aromatic carbocycles. The van der Waals surface area contributed by atoms with Gasteiger partial charge >= 0.3 is 5.97 Å². The number of nitrogens with one attached hydrogen (secondary N) is 1. The molecule has 27 heavy (non-hydrogen) atoms. The molecule has 0 bridgehead atoms. The zero-order valence-corrected chi connectivity index (χ0v) is 15.8. The third kappa shape index (κ3) is 5.21. The molecule has 0 saturated carbocycles. The maximum absolute atomic E-state index is 12.2. The number of carbonyl (C=O) groups is 2. The molecular formula is C20H19N3O3S. The van der Waals surface area contributed by atoms with Gasteiger partial charge in [-0.15, -0.1) is 11.3 Å². The van der Waals surface area contributed by atoms with E-state index < -0.39 is 12.1 Å². The summed E-state index contributed by atoms with van der Waals surface area (Å²) in [6.45, 7) is 3.51. The Kier molecular flexibility index (Phi) is 5.93. The summed E-state index contributed by atoms with van der Waals surface area (Å²) in [7, 11) is 0. The molecule has 2 heterocycles. The van der Waals surface area contributed by atoms with Crippen molar-refractivity contribution in [2.24, 2.45) is 0 Å². The highest BCUT2D eigenvalue weighted by Gasteiger charge is 2.19.